The lowest BCUT2D eigenvalue weighted by molar-refractivity contribution is -0.140. The van der Waals surface area contributed by atoms with Gasteiger partial charge in [-0.25, -0.2) is 0 Å². The summed E-state index contributed by atoms with van der Waals surface area (Å²) in [5.41, 5.74) is 27.6. The molecule has 2 nitrogen and oxygen atoms in total. The van der Waals surface area contributed by atoms with Crippen molar-refractivity contribution in [3.8, 4) is 0 Å². The van der Waals surface area contributed by atoms with E-state index < -0.39 is 0 Å². The Hall–Kier alpha value is -4.69. The zero-order valence-corrected chi connectivity index (χ0v) is 29.6. The molecule has 250 valence electrons. The molecule has 13 aliphatic rings. The number of hydrogen-bond acceptors (Lipinski definition) is 2. The van der Waals surface area contributed by atoms with E-state index >= 15 is 0 Å². The molecule has 5 aromatic carbocycles. The number of carbonyl (C=O) groups excluding carboxylic acids is 1. The molecule has 5 aromatic rings. The van der Waals surface area contributed by atoms with Crippen LogP contribution < -0.4 is 5.22 Å². The highest BCUT2D eigenvalue weighted by Crippen LogP contribution is 2.86. The average Bonchev–Trinajstić information content (AvgIpc) is 3.86. The normalized spacial score (nSPS) is 38.8. The fourth-order valence-electron chi connectivity index (χ4n) is 18.0. The minimum Gasteiger partial charge on any atom is -0.469 e. The van der Waals surface area contributed by atoms with Crippen LogP contribution in [0.4, 0.5) is 0 Å². The molecule has 2 heteroatoms. The molecule has 13 aliphatic carbocycles. The van der Waals surface area contributed by atoms with Crippen molar-refractivity contribution in [1.82, 2.24) is 0 Å². The van der Waals surface area contributed by atoms with Crippen molar-refractivity contribution in [1.29, 1.82) is 0 Å². The van der Waals surface area contributed by atoms with Gasteiger partial charge in [-0.3, -0.25) is 4.79 Å². The SMILES string of the molecule is COC(=O)CCCC1(c2ccccc2)C2C3=CC4CC5CC6=CC7CC8=CC9CC%10=CC21c1c%10c2c%10c%11c%12c(c6c6c%12c%12c(c3c1c%10%12)=C4C65)C7C8=C%11C29. The van der Waals surface area contributed by atoms with Crippen LogP contribution in [0.15, 0.2) is 65.8 Å². The molecule has 0 amide bonds. The second-order valence-electron chi connectivity index (χ2n) is 19.7. The number of hydrogen-bond donors (Lipinski definition) is 0. The number of fused-ring (bicyclic) bond motifs is 1. The zero-order valence-electron chi connectivity index (χ0n) is 29.6. The van der Waals surface area contributed by atoms with E-state index in [1.165, 1.54) is 31.2 Å². The molecule has 53 heavy (non-hydrogen) atoms. The number of ether oxygens (including phenoxy) is 1. The standard InChI is InChI=1S/C51H34O2/c1-53-27(52)8-5-9-50(25-6-3-2-4-7-25)49-26-16-23-14-20-12-21-11-18-10-19-13-22-15-24-17-51(49,50)48-34(24)39-33(22)38-29(19)28(18)36-32(21)37-30(20)31(23)40-35(26)47(48)46-44(39)42(38)41(36)43(37)45(40)46/h2-4,6-7,11,13,16-18,20,22-23,28,30,33,49H,5,8-10,12,14-15H2,1H3. The molecule has 10 unspecified atom stereocenters. The van der Waals surface area contributed by atoms with Crippen molar-refractivity contribution in [2.45, 2.75) is 73.5 Å². The molecule has 18 rings (SSSR count). The monoisotopic (exact) mass is 678 g/mol. The van der Waals surface area contributed by atoms with Gasteiger partial charge in [-0.05, 0) is 183 Å². The molecular formula is C51H34O2. The van der Waals surface area contributed by atoms with Gasteiger partial charge in [0.25, 0.3) is 0 Å². The summed E-state index contributed by atoms with van der Waals surface area (Å²) in [6.45, 7) is 0. The van der Waals surface area contributed by atoms with Gasteiger partial charge in [-0.1, -0.05) is 54.6 Å². The van der Waals surface area contributed by atoms with E-state index in [-0.39, 0.29) is 16.8 Å². The lowest BCUT2D eigenvalue weighted by atomic mass is 9.63. The third kappa shape index (κ3) is 2.00. The summed E-state index contributed by atoms with van der Waals surface area (Å²) in [7, 11) is 1.55. The van der Waals surface area contributed by atoms with E-state index in [0.717, 1.165) is 18.8 Å². The number of methoxy groups -OCH3 is 1. The summed E-state index contributed by atoms with van der Waals surface area (Å²) < 4.78 is 5.24. The van der Waals surface area contributed by atoms with Crippen LogP contribution in [0.1, 0.15) is 113 Å². The Morgan fingerprint density at radius 2 is 1.55 bits per heavy atom. The third-order valence-corrected chi connectivity index (χ3v) is 18.7. The van der Waals surface area contributed by atoms with Crippen molar-refractivity contribution >= 4 is 66.2 Å². The number of allylic oxidation sites excluding steroid dienone is 10. The predicted molar refractivity (Wildman–Crippen MR) is 208 cm³/mol. The number of esters is 1. The summed E-state index contributed by atoms with van der Waals surface area (Å²) in [6, 6.07) is 11.7. The van der Waals surface area contributed by atoms with E-state index in [1.807, 2.05) is 16.7 Å². The second kappa shape index (κ2) is 7.01. The Labute approximate surface area is 306 Å². The van der Waals surface area contributed by atoms with Gasteiger partial charge in [0.15, 0.2) is 0 Å². The highest BCUT2D eigenvalue weighted by molar-refractivity contribution is 6.38. The maximum absolute atomic E-state index is 12.7. The van der Waals surface area contributed by atoms with Crippen molar-refractivity contribution < 1.29 is 9.53 Å². The van der Waals surface area contributed by atoms with Gasteiger partial charge in [0, 0.05) is 46.8 Å². The maximum atomic E-state index is 12.7. The highest BCUT2D eigenvalue weighted by Gasteiger charge is 2.81. The molecule has 3 fully saturated rings. The van der Waals surface area contributed by atoms with Crippen molar-refractivity contribution in [2.24, 2.45) is 29.6 Å². The molecule has 0 radical (unpaired) electrons. The molecule has 0 saturated heterocycles. The van der Waals surface area contributed by atoms with Gasteiger partial charge in [0.1, 0.15) is 0 Å². The molecule has 0 aromatic heterocycles. The quantitative estimate of drug-likeness (QED) is 0.173. The summed E-state index contributed by atoms with van der Waals surface area (Å²) in [6.07, 6.45) is 18.8. The molecule has 0 bridgehead atoms. The lowest BCUT2D eigenvalue weighted by Gasteiger charge is -2.39. The van der Waals surface area contributed by atoms with Gasteiger partial charge in [-0.15, -0.1) is 0 Å². The van der Waals surface area contributed by atoms with Crippen LogP contribution in [-0.2, 0) is 20.4 Å². The number of rotatable bonds is 5. The molecule has 0 aliphatic heterocycles. The van der Waals surface area contributed by atoms with Crippen LogP contribution >= 0.6 is 0 Å². The van der Waals surface area contributed by atoms with E-state index in [9.17, 15) is 4.79 Å². The fraction of sp³-hybridized carbons (Fsp3) is 0.353. The van der Waals surface area contributed by atoms with Gasteiger partial charge in [-0.2, -0.15) is 0 Å². The second-order valence-corrected chi connectivity index (χ2v) is 19.7. The molecular weight excluding hydrogens is 645 g/mol. The zero-order chi connectivity index (χ0) is 33.5. The summed E-state index contributed by atoms with van der Waals surface area (Å²) in [4.78, 5) is 12.7. The maximum Gasteiger partial charge on any atom is 0.305 e. The van der Waals surface area contributed by atoms with Crippen LogP contribution in [0.2, 0.25) is 0 Å². The van der Waals surface area contributed by atoms with E-state index in [2.05, 4.69) is 54.6 Å². The Morgan fingerprint density at radius 3 is 2.43 bits per heavy atom. The average molecular weight is 679 g/mol. The number of carbonyl (C=O) groups is 1. The molecule has 0 N–H and O–H groups in total. The van der Waals surface area contributed by atoms with Crippen LogP contribution in [-0.4, -0.2) is 13.1 Å². The van der Waals surface area contributed by atoms with Crippen LogP contribution in [0.5, 0.6) is 0 Å². The summed E-state index contributed by atoms with van der Waals surface area (Å²) >= 11 is 0. The number of benzene rings is 3. The van der Waals surface area contributed by atoms with Crippen molar-refractivity contribution in [2.75, 3.05) is 7.11 Å². The van der Waals surface area contributed by atoms with Crippen molar-refractivity contribution in [3.63, 3.8) is 0 Å². The first-order valence-corrected chi connectivity index (χ1v) is 20.9. The fourth-order valence-corrected chi connectivity index (χ4v) is 18.0. The van der Waals surface area contributed by atoms with E-state index in [0.29, 0.717) is 47.8 Å². The Kier molecular flexibility index (Phi) is 3.35. The van der Waals surface area contributed by atoms with Crippen LogP contribution in [0, 0.1) is 29.6 Å². The minimum absolute atomic E-state index is 0.0564. The van der Waals surface area contributed by atoms with Crippen LogP contribution in [0.25, 0.3) is 60.2 Å². The predicted octanol–water partition coefficient (Wildman–Crippen LogP) is 9.87. The summed E-state index contributed by atoms with van der Waals surface area (Å²) in [5, 5.41) is 12.0. The first kappa shape index (κ1) is 25.4. The molecule has 0 heterocycles. The molecule has 10 atom stereocenters. The highest BCUT2D eigenvalue weighted by atomic mass is 16.5. The molecule has 3 saturated carbocycles. The topological polar surface area (TPSA) is 26.3 Å². The first-order chi connectivity index (χ1) is 26.2. The third-order valence-electron chi connectivity index (χ3n) is 18.7. The Balaban J connectivity index is 1.10. The summed E-state index contributed by atoms with van der Waals surface area (Å²) in [5.74, 6) is 4.51. The van der Waals surface area contributed by atoms with Crippen LogP contribution in [0.3, 0.4) is 0 Å². The van der Waals surface area contributed by atoms with Gasteiger partial charge in [0.05, 0.1) is 7.11 Å². The van der Waals surface area contributed by atoms with Gasteiger partial charge in [0.2, 0.25) is 0 Å². The molecule has 1 spiro atoms. The Morgan fingerprint density at radius 1 is 0.755 bits per heavy atom. The largest absolute Gasteiger partial charge is 0.469 e. The van der Waals surface area contributed by atoms with E-state index in [4.69, 9.17) is 4.74 Å². The first-order valence-electron chi connectivity index (χ1n) is 20.9. The minimum atomic E-state index is -0.0727. The van der Waals surface area contributed by atoms with Crippen molar-refractivity contribution in [3.05, 3.63) is 121 Å². The van der Waals surface area contributed by atoms with Gasteiger partial charge >= 0.3 is 5.97 Å². The van der Waals surface area contributed by atoms with Gasteiger partial charge < -0.3 is 4.74 Å². The Bertz CT molecular complexity index is 3190. The smallest absolute Gasteiger partial charge is 0.305 e. The lowest BCUT2D eigenvalue weighted by Crippen LogP contribution is -2.27. The van der Waals surface area contributed by atoms with E-state index in [1.54, 1.807) is 111 Å².